The van der Waals surface area contributed by atoms with Gasteiger partial charge in [0.2, 0.25) is 0 Å². The number of fused-ring (bicyclic) bond motifs is 1. The largest absolute Gasteiger partial charge is 0.332 e. The Labute approximate surface area is 190 Å². The lowest BCUT2D eigenvalue weighted by molar-refractivity contribution is 0.447. The fourth-order valence-electron chi connectivity index (χ4n) is 3.84. The molecule has 0 amide bonds. The second kappa shape index (κ2) is 10.0. The number of tetrazole rings is 1. The number of rotatable bonds is 10. The van der Waals surface area contributed by atoms with Gasteiger partial charge in [-0.1, -0.05) is 61.7 Å². The average Bonchev–Trinajstić information content (AvgIpc) is 3.40. The molecule has 10 heteroatoms. The van der Waals surface area contributed by atoms with Crippen LogP contribution in [-0.2, 0) is 32.5 Å². The molecular weight excluding hydrogens is 430 g/mol. The van der Waals surface area contributed by atoms with Crippen molar-refractivity contribution in [2.45, 2.75) is 65.1 Å². The highest BCUT2D eigenvalue weighted by atomic mass is 35.5. The summed E-state index contributed by atoms with van der Waals surface area (Å²) in [6.45, 7) is 3.35. The van der Waals surface area contributed by atoms with E-state index < -0.39 is 0 Å². The number of nitrogens with zero attached hydrogens (tertiary/aromatic N) is 7. The maximum atomic E-state index is 13.1. The zero-order valence-electron chi connectivity index (χ0n) is 18.1. The van der Waals surface area contributed by atoms with E-state index in [1.165, 1.54) is 9.36 Å². The first kappa shape index (κ1) is 22.1. The van der Waals surface area contributed by atoms with Gasteiger partial charge in [0.05, 0.1) is 12.1 Å². The molecule has 3 heterocycles. The van der Waals surface area contributed by atoms with Crippen LogP contribution in [-0.4, -0.2) is 34.5 Å². The Hall–Kier alpha value is -3.07. The molecule has 3 aromatic rings. The molecule has 1 aliphatic rings. The molecule has 0 unspecified atom stereocenters. The molecule has 0 saturated heterocycles. The maximum absolute atomic E-state index is 13.1. The van der Waals surface area contributed by atoms with Gasteiger partial charge in [0.25, 0.3) is 5.56 Å². The number of benzene rings is 1. The summed E-state index contributed by atoms with van der Waals surface area (Å²) >= 11 is 6.09. The Morgan fingerprint density at radius 2 is 1.78 bits per heavy atom. The first-order chi connectivity index (χ1) is 15.6. The molecule has 2 aromatic heterocycles. The number of halogens is 1. The predicted molar refractivity (Wildman–Crippen MR) is 123 cm³/mol. The standard InChI is InChI=1S/C22H26ClN7O2/c1-2-3-7-11-28-20-17(15-18(23)24-20)21(31)29(22(28)32)12-8-13-30-26-19(25-27-30)14-16-9-5-4-6-10-16/h4-6,9-10H,2-3,7-8,11-15H2,1H3. The minimum absolute atomic E-state index is 0.270. The number of unbranched alkanes of at least 4 members (excludes halogenated alkanes) is 2. The van der Waals surface area contributed by atoms with E-state index in [1.807, 2.05) is 30.3 Å². The molecule has 9 nitrogen and oxygen atoms in total. The van der Waals surface area contributed by atoms with E-state index in [-0.39, 0.29) is 24.2 Å². The lowest BCUT2D eigenvalue weighted by Crippen LogP contribution is -2.41. The van der Waals surface area contributed by atoms with Crippen LogP contribution < -0.4 is 11.2 Å². The van der Waals surface area contributed by atoms with E-state index in [0.717, 1.165) is 24.8 Å². The summed E-state index contributed by atoms with van der Waals surface area (Å²) in [5, 5.41) is 12.9. The summed E-state index contributed by atoms with van der Waals surface area (Å²) in [6.07, 6.45) is 4.30. The van der Waals surface area contributed by atoms with Gasteiger partial charge in [0.1, 0.15) is 11.0 Å². The van der Waals surface area contributed by atoms with Crippen LogP contribution in [0, 0.1) is 0 Å². The molecule has 0 bridgehead atoms. The van der Waals surface area contributed by atoms with Gasteiger partial charge in [-0.15, -0.1) is 10.2 Å². The van der Waals surface area contributed by atoms with Crippen LogP contribution in [0.1, 0.15) is 49.6 Å². The van der Waals surface area contributed by atoms with Gasteiger partial charge in [0, 0.05) is 25.9 Å². The van der Waals surface area contributed by atoms with Crippen LogP contribution in [0.5, 0.6) is 0 Å². The molecule has 0 N–H and O–H groups in total. The van der Waals surface area contributed by atoms with Crippen molar-refractivity contribution in [1.29, 1.82) is 0 Å². The molecule has 1 aliphatic heterocycles. The zero-order chi connectivity index (χ0) is 22.5. The molecular formula is C22H26ClN7O2. The summed E-state index contributed by atoms with van der Waals surface area (Å²) in [4.78, 5) is 31.8. The molecule has 0 spiro atoms. The molecule has 4 rings (SSSR count). The first-order valence-corrected chi connectivity index (χ1v) is 11.3. The van der Waals surface area contributed by atoms with E-state index in [0.29, 0.717) is 48.3 Å². The number of aromatic nitrogens is 6. The topological polar surface area (TPSA) is 100.0 Å². The van der Waals surface area contributed by atoms with Crippen molar-refractivity contribution >= 4 is 22.6 Å². The predicted octanol–water partition coefficient (Wildman–Crippen LogP) is 2.69. The molecule has 32 heavy (non-hydrogen) atoms. The molecule has 0 saturated carbocycles. The average molecular weight is 456 g/mol. The van der Waals surface area contributed by atoms with Crippen LogP contribution in [0.3, 0.4) is 0 Å². The van der Waals surface area contributed by atoms with E-state index >= 15 is 0 Å². The molecule has 0 atom stereocenters. The van der Waals surface area contributed by atoms with Gasteiger partial charge < -0.3 is 0 Å². The van der Waals surface area contributed by atoms with Crippen LogP contribution in [0.2, 0.25) is 0 Å². The van der Waals surface area contributed by atoms with Crippen molar-refractivity contribution in [2.24, 2.45) is 4.99 Å². The Balaban J connectivity index is 1.46. The van der Waals surface area contributed by atoms with Crippen LogP contribution >= 0.6 is 11.6 Å². The highest BCUT2D eigenvalue weighted by Gasteiger charge is 2.24. The van der Waals surface area contributed by atoms with Crippen molar-refractivity contribution in [3.63, 3.8) is 0 Å². The van der Waals surface area contributed by atoms with Crippen LogP contribution in [0.25, 0.3) is 0 Å². The molecule has 168 valence electrons. The first-order valence-electron chi connectivity index (χ1n) is 11.0. The fraction of sp³-hybridized carbons (Fsp3) is 0.455. The zero-order valence-corrected chi connectivity index (χ0v) is 18.8. The second-order valence-corrected chi connectivity index (χ2v) is 8.32. The van der Waals surface area contributed by atoms with E-state index in [2.05, 4.69) is 27.3 Å². The van der Waals surface area contributed by atoms with Gasteiger partial charge in [-0.25, -0.2) is 9.79 Å². The third-order valence-corrected chi connectivity index (χ3v) is 5.68. The number of aliphatic imine (C=N–C) groups is 1. The van der Waals surface area contributed by atoms with E-state index in [1.54, 1.807) is 4.57 Å². The normalized spacial score (nSPS) is 12.8. The fourth-order valence-corrected chi connectivity index (χ4v) is 4.05. The van der Waals surface area contributed by atoms with Crippen LogP contribution in [0.15, 0.2) is 44.9 Å². The van der Waals surface area contributed by atoms with Gasteiger partial charge in [-0.2, -0.15) is 4.80 Å². The Kier molecular flexibility index (Phi) is 6.94. The van der Waals surface area contributed by atoms with Crippen molar-refractivity contribution in [3.05, 3.63) is 68.1 Å². The summed E-state index contributed by atoms with van der Waals surface area (Å²) < 4.78 is 2.88. The third-order valence-electron chi connectivity index (χ3n) is 5.47. The summed E-state index contributed by atoms with van der Waals surface area (Å²) in [5.74, 6) is 1.05. The molecule has 0 fully saturated rings. The summed E-state index contributed by atoms with van der Waals surface area (Å²) in [7, 11) is 0. The van der Waals surface area contributed by atoms with Gasteiger partial charge in [-0.3, -0.25) is 13.9 Å². The Bertz CT molecular complexity index is 1230. The van der Waals surface area contributed by atoms with Crippen LogP contribution in [0.4, 0.5) is 5.82 Å². The van der Waals surface area contributed by atoms with Crippen molar-refractivity contribution < 1.29 is 0 Å². The SMILES string of the molecule is CCCCCn1c2c(c(=O)n(CCCn3nnc(Cc4ccccc4)n3)c1=O)CC(Cl)=N2. The van der Waals surface area contributed by atoms with Gasteiger partial charge in [-0.05, 0) is 23.6 Å². The van der Waals surface area contributed by atoms with E-state index in [4.69, 9.17) is 11.6 Å². The Morgan fingerprint density at radius 1 is 1.00 bits per heavy atom. The third kappa shape index (κ3) is 4.88. The monoisotopic (exact) mass is 455 g/mol. The summed E-state index contributed by atoms with van der Waals surface area (Å²) in [6, 6.07) is 9.94. The van der Waals surface area contributed by atoms with Gasteiger partial charge in [0.15, 0.2) is 5.82 Å². The van der Waals surface area contributed by atoms with Crippen molar-refractivity contribution in [3.8, 4) is 0 Å². The Morgan fingerprint density at radius 3 is 2.56 bits per heavy atom. The van der Waals surface area contributed by atoms with E-state index in [9.17, 15) is 9.59 Å². The van der Waals surface area contributed by atoms with Crippen molar-refractivity contribution in [2.75, 3.05) is 0 Å². The lowest BCUT2D eigenvalue weighted by atomic mass is 10.1. The van der Waals surface area contributed by atoms with Gasteiger partial charge >= 0.3 is 5.69 Å². The minimum Gasteiger partial charge on any atom is -0.278 e. The van der Waals surface area contributed by atoms with Crippen molar-refractivity contribution in [1.82, 2.24) is 29.3 Å². The highest BCUT2D eigenvalue weighted by Crippen LogP contribution is 2.24. The smallest absolute Gasteiger partial charge is 0.278 e. The lowest BCUT2D eigenvalue weighted by Gasteiger charge is -2.14. The second-order valence-electron chi connectivity index (χ2n) is 7.88. The maximum Gasteiger partial charge on any atom is 0.332 e. The molecule has 0 radical (unpaired) electrons. The number of hydrogen-bond acceptors (Lipinski definition) is 6. The number of aryl methyl sites for hydroxylation is 1. The molecule has 1 aromatic carbocycles. The minimum atomic E-state index is -0.337. The highest BCUT2D eigenvalue weighted by molar-refractivity contribution is 6.66. The quantitative estimate of drug-likeness (QED) is 0.437. The molecule has 0 aliphatic carbocycles. The summed E-state index contributed by atoms with van der Waals surface area (Å²) in [5.41, 5.74) is 0.958. The number of hydrogen-bond donors (Lipinski definition) is 0.